The first kappa shape index (κ1) is 19.9. The van der Waals surface area contributed by atoms with Gasteiger partial charge in [-0.25, -0.2) is 0 Å². The van der Waals surface area contributed by atoms with E-state index < -0.39 is 5.54 Å². The second kappa shape index (κ2) is 8.46. The van der Waals surface area contributed by atoms with Crippen molar-refractivity contribution in [1.29, 1.82) is 0 Å². The molecule has 2 aromatic carbocycles. The van der Waals surface area contributed by atoms with E-state index >= 15 is 0 Å². The third kappa shape index (κ3) is 3.88. The Morgan fingerprint density at radius 1 is 0.929 bits per heavy atom. The largest absolute Gasteiger partial charge is 0.497 e. The molecule has 5 nitrogen and oxygen atoms in total. The van der Waals surface area contributed by atoms with Gasteiger partial charge in [-0.3, -0.25) is 9.59 Å². The second-order valence-corrected chi connectivity index (χ2v) is 7.29. The smallest absolute Gasteiger partial charge is 0.252 e. The van der Waals surface area contributed by atoms with Crippen molar-refractivity contribution in [2.75, 3.05) is 14.2 Å². The third-order valence-electron chi connectivity index (χ3n) is 5.60. The number of hydrogen-bond donors (Lipinski definition) is 1. The topological polar surface area (TPSA) is 64.6 Å². The van der Waals surface area contributed by atoms with E-state index in [4.69, 9.17) is 9.47 Å². The van der Waals surface area contributed by atoms with Gasteiger partial charge in [0.1, 0.15) is 17.0 Å². The van der Waals surface area contributed by atoms with Crippen molar-refractivity contribution >= 4 is 11.7 Å². The van der Waals surface area contributed by atoms with Crippen LogP contribution in [0.3, 0.4) is 0 Å². The van der Waals surface area contributed by atoms with E-state index in [0.717, 1.165) is 24.8 Å². The lowest BCUT2D eigenvalue weighted by Crippen LogP contribution is -2.55. The van der Waals surface area contributed by atoms with Crippen LogP contribution in [0, 0.1) is 6.92 Å². The van der Waals surface area contributed by atoms with Crippen LogP contribution in [0.5, 0.6) is 11.5 Å². The summed E-state index contributed by atoms with van der Waals surface area (Å²) in [6.07, 6.45) is 4.20. The van der Waals surface area contributed by atoms with Gasteiger partial charge < -0.3 is 14.8 Å². The Morgan fingerprint density at radius 3 is 2.21 bits per heavy atom. The first-order valence-corrected chi connectivity index (χ1v) is 9.66. The van der Waals surface area contributed by atoms with E-state index in [-0.39, 0.29) is 11.7 Å². The summed E-state index contributed by atoms with van der Waals surface area (Å²) in [6, 6.07) is 12.5. The van der Waals surface area contributed by atoms with Crippen molar-refractivity contribution in [3.05, 3.63) is 59.2 Å². The lowest BCUT2D eigenvalue weighted by Gasteiger charge is -2.37. The molecule has 28 heavy (non-hydrogen) atoms. The molecule has 0 radical (unpaired) electrons. The van der Waals surface area contributed by atoms with Crippen molar-refractivity contribution in [2.45, 2.75) is 44.6 Å². The fourth-order valence-electron chi connectivity index (χ4n) is 3.95. The molecule has 3 rings (SSSR count). The van der Waals surface area contributed by atoms with Crippen LogP contribution in [0.15, 0.2) is 42.5 Å². The number of ketones is 1. The highest BCUT2D eigenvalue weighted by Gasteiger charge is 2.41. The molecular formula is C23H27NO4. The summed E-state index contributed by atoms with van der Waals surface area (Å²) in [5, 5.41) is 3.09. The van der Waals surface area contributed by atoms with Gasteiger partial charge in [0.05, 0.1) is 14.2 Å². The van der Waals surface area contributed by atoms with Gasteiger partial charge in [0.15, 0.2) is 5.78 Å². The van der Waals surface area contributed by atoms with Gasteiger partial charge >= 0.3 is 0 Å². The zero-order valence-electron chi connectivity index (χ0n) is 16.7. The summed E-state index contributed by atoms with van der Waals surface area (Å²) in [7, 11) is 3.18. The number of benzene rings is 2. The minimum Gasteiger partial charge on any atom is -0.497 e. The molecule has 0 aromatic heterocycles. The molecule has 0 bridgehead atoms. The van der Waals surface area contributed by atoms with Crippen LogP contribution in [0.4, 0.5) is 0 Å². The number of amides is 1. The monoisotopic (exact) mass is 381 g/mol. The highest BCUT2D eigenvalue weighted by atomic mass is 16.5. The fraction of sp³-hybridized carbons (Fsp3) is 0.391. The van der Waals surface area contributed by atoms with Crippen LogP contribution in [0.1, 0.15) is 58.4 Å². The lowest BCUT2D eigenvalue weighted by molar-refractivity contribution is 0.0713. The van der Waals surface area contributed by atoms with Gasteiger partial charge in [0.2, 0.25) is 0 Å². The van der Waals surface area contributed by atoms with Crippen LogP contribution >= 0.6 is 0 Å². The normalized spacial score (nSPS) is 15.5. The quantitative estimate of drug-likeness (QED) is 0.757. The Labute approximate surface area is 166 Å². The summed E-state index contributed by atoms with van der Waals surface area (Å²) in [6.45, 7) is 1.85. The van der Waals surface area contributed by atoms with E-state index in [1.807, 2.05) is 13.0 Å². The Balaban J connectivity index is 1.91. The van der Waals surface area contributed by atoms with E-state index in [1.165, 1.54) is 0 Å². The van der Waals surface area contributed by atoms with Gasteiger partial charge in [-0.1, -0.05) is 25.3 Å². The molecule has 0 saturated heterocycles. The van der Waals surface area contributed by atoms with Crippen molar-refractivity contribution in [2.24, 2.45) is 0 Å². The van der Waals surface area contributed by atoms with Gasteiger partial charge in [-0.15, -0.1) is 0 Å². The molecule has 148 valence electrons. The second-order valence-electron chi connectivity index (χ2n) is 7.29. The third-order valence-corrected chi connectivity index (χ3v) is 5.60. The Hall–Kier alpha value is -2.82. The van der Waals surface area contributed by atoms with Crippen LogP contribution in [-0.2, 0) is 0 Å². The zero-order chi connectivity index (χ0) is 20.1. The standard InChI is InChI=1S/C23H27NO4/c1-16-19(8-7-9-20(16)28-3)22(26)24-23(14-5-4-6-15-23)21(25)17-10-12-18(27-2)13-11-17/h7-13H,4-6,14-15H2,1-3H3,(H,24,26). The molecule has 1 N–H and O–H groups in total. The molecule has 5 heteroatoms. The van der Waals surface area contributed by atoms with Crippen LogP contribution in [0.2, 0.25) is 0 Å². The predicted octanol–water partition coefficient (Wildman–Crippen LogP) is 4.33. The number of rotatable bonds is 6. The van der Waals surface area contributed by atoms with Crippen LogP contribution < -0.4 is 14.8 Å². The number of methoxy groups -OCH3 is 2. The minimum atomic E-state index is -0.876. The van der Waals surface area contributed by atoms with E-state index in [2.05, 4.69) is 5.32 Å². The van der Waals surface area contributed by atoms with Gasteiger partial charge in [0, 0.05) is 16.7 Å². The summed E-state index contributed by atoms with van der Waals surface area (Å²) < 4.78 is 10.5. The molecule has 0 aliphatic heterocycles. The minimum absolute atomic E-state index is 0.0382. The van der Waals surface area contributed by atoms with Crippen molar-refractivity contribution in [3.8, 4) is 11.5 Å². The van der Waals surface area contributed by atoms with E-state index in [1.54, 1.807) is 50.6 Å². The molecule has 2 aromatic rings. The number of ether oxygens (including phenoxy) is 2. The lowest BCUT2D eigenvalue weighted by atomic mass is 9.76. The molecule has 1 fully saturated rings. The Bertz CT molecular complexity index is 851. The highest BCUT2D eigenvalue weighted by Crippen LogP contribution is 2.33. The molecule has 0 heterocycles. The Morgan fingerprint density at radius 2 is 1.61 bits per heavy atom. The highest BCUT2D eigenvalue weighted by molar-refractivity contribution is 6.07. The first-order valence-electron chi connectivity index (χ1n) is 9.66. The molecule has 1 amide bonds. The maximum atomic E-state index is 13.4. The first-order chi connectivity index (χ1) is 13.5. The molecule has 1 saturated carbocycles. The van der Waals surface area contributed by atoms with Crippen LogP contribution in [0.25, 0.3) is 0 Å². The molecule has 0 spiro atoms. The number of carbonyl (C=O) groups is 2. The zero-order valence-corrected chi connectivity index (χ0v) is 16.7. The number of carbonyl (C=O) groups excluding carboxylic acids is 2. The average Bonchev–Trinajstić information content (AvgIpc) is 2.74. The maximum Gasteiger partial charge on any atom is 0.252 e. The number of hydrogen-bond acceptors (Lipinski definition) is 4. The molecule has 0 atom stereocenters. The number of Topliss-reactive ketones (excluding diaryl/α,β-unsaturated/α-hetero) is 1. The Kier molecular flexibility index (Phi) is 6.02. The van der Waals surface area contributed by atoms with Gasteiger partial charge in [0.25, 0.3) is 5.91 Å². The fourth-order valence-corrected chi connectivity index (χ4v) is 3.95. The van der Waals surface area contributed by atoms with E-state index in [9.17, 15) is 9.59 Å². The molecule has 1 aliphatic rings. The summed E-state index contributed by atoms with van der Waals surface area (Å²) in [5.74, 6) is 1.08. The predicted molar refractivity (Wildman–Crippen MR) is 108 cm³/mol. The van der Waals surface area contributed by atoms with Gasteiger partial charge in [-0.2, -0.15) is 0 Å². The van der Waals surface area contributed by atoms with Gasteiger partial charge in [-0.05, 0) is 56.2 Å². The molecular weight excluding hydrogens is 354 g/mol. The molecule has 1 aliphatic carbocycles. The van der Waals surface area contributed by atoms with E-state index in [0.29, 0.717) is 35.5 Å². The van der Waals surface area contributed by atoms with Crippen molar-refractivity contribution in [1.82, 2.24) is 5.32 Å². The van der Waals surface area contributed by atoms with Crippen molar-refractivity contribution < 1.29 is 19.1 Å². The average molecular weight is 381 g/mol. The SMILES string of the molecule is COc1ccc(C(=O)C2(NC(=O)c3cccc(OC)c3C)CCCCC2)cc1. The summed E-state index contributed by atoms with van der Waals surface area (Å²) in [5.41, 5.74) is 1.02. The molecule has 0 unspecified atom stereocenters. The summed E-state index contributed by atoms with van der Waals surface area (Å²) >= 11 is 0. The van der Waals surface area contributed by atoms with Crippen molar-refractivity contribution in [3.63, 3.8) is 0 Å². The maximum absolute atomic E-state index is 13.4. The number of nitrogens with one attached hydrogen (secondary N) is 1. The summed E-state index contributed by atoms with van der Waals surface area (Å²) in [4.78, 5) is 26.5. The van der Waals surface area contributed by atoms with Crippen LogP contribution in [-0.4, -0.2) is 31.4 Å².